The second kappa shape index (κ2) is 5.44. The van der Waals surface area contributed by atoms with Crippen molar-refractivity contribution in [3.8, 4) is 0 Å². The van der Waals surface area contributed by atoms with Gasteiger partial charge in [-0.1, -0.05) is 13.8 Å². The number of hydrogen-bond donors (Lipinski definition) is 1. The highest BCUT2D eigenvalue weighted by Gasteiger charge is 2.14. The third-order valence-corrected chi connectivity index (χ3v) is 2.19. The number of nitro groups is 1. The van der Waals surface area contributed by atoms with Gasteiger partial charge in [0.25, 0.3) is 5.69 Å². The lowest BCUT2D eigenvalue weighted by atomic mass is 10.1. The van der Waals surface area contributed by atoms with E-state index in [4.69, 9.17) is 0 Å². The molecule has 0 heterocycles. The van der Waals surface area contributed by atoms with Crippen molar-refractivity contribution in [3.63, 3.8) is 0 Å². The molecule has 1 rings (SSSR count). The van der Waals surface area contributed by atoms with E-state index in [9.17, 15) is 14.5 Å². The predicted molar refractivity (Wildman–Crippen MR) is 61.0 cm³/mol. The van der Waals surface area contributed by atoms with Crippen LogP contribution in [0.1, 0.15) is 20.3 Å². The molecule has 16 heavy (non-hydrogen) atoms. The predicted octanol–water partition coefficient (Wildman–Crippen LogP) is 3.19. The Morgan fingerprint density at radius 1 is 1.50 bits per heavy atom. The lowest BCUT2D eigenvalue weighted by molar-refractivity contribution is -0.384. The van der Waals surface area contributed by atoms with Crippen LogP contribution in [0.3, 0.4) is 0 Å². The average molecular weight is 226 g/mol. The second-order valence-corrected chi connectivity index (χ2v) is 4.03. The van der Waals surface area contributed by atoms with Crippen molar-refractivity contribution in [2.45, 2.75) is 20.3 Å². The summed E-state index contributed by atoms with van der Waals surface area (Å²) in [7, 11) is 0. The zero-order valence-corrected chi connectivity index (χ0v) is 9.37. The van der Waals surface area contributed by atoms with Crippen LogP contribution in [-0.2, 0) is 0 Å². The fourth-order valence-electron chi connectivity index (χ4n) is 1.30. The van der Waals surface area contributed by atoms with Gasteiger partial charge in [-0.3, -0.25) is 10.1 Å². The van der Waals surface area contributed by atoms with E-state index in [0.717, 1.165) is 12.5 Å². The number of benzene rings is 1. The first-order valence-electron chi connectivity index (χ1n) is 5.18. The van der Waals surface area contributed by atoms with Crippen molar-refractivity contribution in [2.75, 3.05) is 11.9 Å². The summed E-state index contributed by atoms with van der Waals surface area (Å²) in [5.74, 6) is -0.0758. The molecule has 0 aliphatic rings. The molecule has 1 aromatic rings. The molecule has 0 aromatic heterocycles. The van der Waals surface area contributed by atoms with Crippen molar-refractivity contribution in [1.29, 1.82) is 0 Å². The Hall–Kier alpha value is -1.65. The molecule has 4 nitrogen and oxygen atoms in total. The third-order valence-electron chi connectivity index (χ3n) is 2.19. The Morgan fingerprint density at radius 2 is 2.19 bits per heavy atom. The van der Waals surface area contributed by atoms with Gasteiger partial charge in [-0.05, 0) is 24.5 Å². The van der Waals surface area contributed by atoms with E-state index < -0.39 is 10.7 Å². The number of hydrogen-bond acceptors (Lipinski definition) is 3. The summed E-state index contributed by atoms with van der Waals surface area (Å²) in [6.45, 7) is 4.78. The van der Waals surface area contributed by atoms with Gasteiger partial charge in [0.1, 0.15) is 11.5 Å². The molecule has 0 amide bonds. The fourth-order valence-corrected chi connectivity index (χ4v) is 1.30. The Labute approximate surface area is 93.6 Å². The van der Waals surface area contributed by atoms with Gasteiger partial charge in [0.15, 0.2) is 0 Å². The fraction of sp³-hybridized carbons (Fsp3) is 0.455. The maximum atomic E-state index is 12.8. The van der Waals surface area contributed by atoms with Gasteiger partial charge in [-0.15, -0.1) is 0 Å². The summed E-state index contributed by atoms with van der Waals surface area (Å²) in [4.78, 5) is 10.1. The molecule has 1 N–H and O–H groups in total. The highest BCUT2D eigenvalue weighted by Crippen LogP contribution is 2.24. The largest absolute Gasteiger partial charge is 0.379 e. The monoisotopic (exact) mass is 226 g/mol. The number of nitrogens with one attached hydrogen (secondary N) is 1. The molecule has 0 saturated heterocycles. The third kappa shape index (κ3) is 3.49. The number of halogens is 1. The van der Waals surface area contributed by atoms with E-state index in [0.29, 0.717) is 18.2 Å². The second-order valence-electron chi connectivity index (χ2n) is 4.03. The average Bonchev–Trinajstić information content (AvgIpc) is 2.19. The molecule has 0 fully saturated rings. The Bertz CT molecular complexity index is 380. The van der Waals surface area contributed by atoms with Crippen molar-refractivity contribution in [3.05, 3.63) is 34.1 Å². The van der Waals surface area contributed by atoms with Crippen LogP contribution in [-0.4, -0.2) is 11.5 Å². The van der Waals surface area contributed by atoms with Gasteiger partial charge < -0.3 is 5.32 Å². The molecule has 0 aliphatic carbocycles. The molecule has 0 spiro atoms. The molecular formula is C11H15FN2O2. The van der Waals surface area contributed by atoms with Gasteiger partial charge in [0.2, 0.25) is 0 Å². The van der Waals surface area contributed by atoms with Crippen LogP contribution in [0, 0.1) is 21.8 Å². The summed E-state index contributed by atoms with van der Waals surface area (Å²) < 4.78 is 12.8. The van der Waals surface area contributed by atoms with E-state index in [1.807, 2.05) is 0 Å². The Balaban J connectivity index is 2.75. The molecule has 88 valence electrons. The smallest absolute Gasteiger partial charge is 0.295 e. The first-order chi connectivity index (χ1) is 7.50. The molecule has 5 heteroatoms. The maximum absolute atomic E-state index is 12.8. The van der Waals surface area contributed by atoms with Gasteiger partial charge in [-0.25, -0.2) is 4.39 Å². The Kier molecular flexibility index (Phi) is 4.22. The zero-order valence-electron chi connectivity index (χ0n) is 9.37. The van der Waals surface area contributed by atoms with Crippen LogP contribution < -0.4 is 5.32 Å². The van der Waals surface area contributed by atoms with Crippen LogP contribution in [0.5, 0.6) is 0 Å². The molecule has 0 unspecified atom stereocenters. The lowest BCUT2D eigenvalue weighted by Crippen LogP contribution is -2.06. The van der Waals surface area contributed by atoms with Gasteiger partial charge in [-0.2, -0.15) is 0 Å². The lowest BCUT2D eigenvalue weighted by Gasteiger charge is -2.08. The van der Waals surface area contributed by atoms with Gasteiger partial charge in [0, 0.05) is 6.54 Å². The number of rotatable bonds is 5. The standard InChI is InChI=1S/C11H15FN2O2/c1-8(2)5-6-13-10-4-3-9(12)7-11(10)14(15)16/h3-4,7-8,13H,5-6H2,1-2H3. The first kappa shape index (κ1) is 12.4. The summed E-state index contributed by atoms with van der Waals surface area (Å²) in [6.07, 6.45) is 0.911. The molecular weight excluding hydrogens is 211 g/mol. The van der Waals surface area contributed by atoms with Gasteiger partial charge >= 0.3 is 0 Å². The first-order valence-corrected chi connectivity index (χ1v) is 5.18. The topological polar surface area (TPSA) is 55.2 Å². The quantitative estimate of drug-likeness (QED) is 0.619. The van der Waals surface area contributed by atoms with E-state index in [2.05, 4.69) is 19.2 Å². The van der Waals surface area contributed by atoms with Crippen molar-refractivity contribution in [2.24, 2.45) is 5.92 Å². The molecule has 0 aliphatic heterocycles. The van der Waals surface area contributed by atoms with Crippen LogP contribution in [0.25, 0.3) is 0 Å². The number of nitro benzene ring substituents is 1. The van der Waals surface area contributed by atoms with Crippen molar-refractivity contribution in [1.82, 2.24) is 0 Å². The molecule has 1 aromatic carbocycles. The minimum atomic E-state index is -0.596. The molecule has 0 radical (unpaired) electrons. The van der Waals surface area contributed by atoms with Crippen LogP contribution in [0.4, 0.5) is 15.8 Å². The summed E-state index contributed by atoms with van der Waals surface area (Å²) in [6, 6.07) is 3.54. The van der Waals surface area contributed by atoms with Gasteiger partial charge in [0.05, 0.1) is 11.0 Å². The SMILES string of the molecule is CC(C)CCNc1ccc(F)cc1[N+](=O)[O-]. The highest BCUT2D eigenvalue weighted by molar-refractivity contribution is 5.61. The van der Waals surface area contributed by atoms with E-state index in [1.165, 1.54) is 12.1 Å². The maximum Gasteiger partial charge on any atom is 0.295 e. The van der Waals surface area contributed by atoms with Crippen LogP contribution in [0.15, 0.2) is 18.2 Å². The minimum Gasteiger partial charge on any atom is -0.379 e. The summed E-state index contributed by atoms with van der Waals surface area (Å²) >= 11 is 0. The summed E-state index contributed by atoms with van der Waals surface area (Å²) in [5, 5.41) is 13.6. The number of nitrogens with zero attached hydrogens (tertiary/aromatic N) is 1. The normalized spacial score (nSPS) is 10.5. The van der Waals surface area contributed by atoms with Crippen molar-refractivity contribution >= 4 is 11.4 Å². The van der Waals surface area contributed by atoms with Crippen molar-refractivity contribution < 1.29 is 9.31 Å². The number of anilines is 1. The van der Waals surface area contributed by atoms with Crippen LogP contribution >= 0.6 is 0 Å². The molecule has 0 atom stereocenters. The van der Waals surface area contributed by atoms with E-state index in [1.54, 1.807) is 0 Å². The Morgan fingerprint density at radius 3 is 2.75 bits per heavy atom. The summed E-state index contributed by atoms with van der Waals surface area (Å²) in [5.41, 5.74) is 0.149. The highest BCUT2D eigenvalue weighted by atomic mass is 19.1. The van der Waals surface area contributed by atoms with E-state index in [-0.39, 0.29) is 5.69 Å². The molecule has 0 saturated carbocycles. The molecule has 0 bridgehead atoms. The minimum absolute atomic E-state index is 0.219. The van der Waals surface area contributed by atoms with E-state index >= 15 is 0 Å². The van der Waals surface area contributed by atoms with Crippen LogP contribution in [0.2, 0.25) is 0 Å². The zero-order chi connectivity index (χ0) is 12.1.